The molecule has 124 valence electrons. The van der Waals surface area contributed by atoms with Crippen molar-refractivity contribution >= 4 is 11.9 Å². The normalized spacial score (nSPS) is 26.1. The van der Waals surface area contributed by atoms with Gasteiger partial charge >= 0.3 is 6.03 Å². The van der Waals surface area contributed by atoms with Crippen molar-refractivity contribution in [3.63, 3.8) is 0 Å². The Morgan fingerprint density at radius 3 is 2.43 bits per heavy atom. The average Bonchev–Trinajstić information content (AvgIpc) is 2.88. The predicted octanol–water partition coefficient (Wildman–Crippen LogP) is 1.93. The van der Waals surface area contributed by atoms with Crippen LogP contribution in [0.15, 0.2) is 30.3 Å². The summed E-state index contributed by atoms with van der Waals surface area (Å²) in [6, 6.07) is 9.80. The third-order valence-electron chi connectivity index (χ3n) is 5.35. The maximum absolute atomic E-state index is 12.6. The highest BCUT2D eigenvalue weighted by Crippen LogP contribution is 2.34. The molecule has 0 spiro atoms. The van der Waals surface area contributed by atoms with Crippen LogP contribution in [0.1, 0.15) is 31.7 Å². The fraction of sp³-hybridized carbons (Fsp3) is 0.556. The van der Waals surface area contributed by atoms with Gasteiger partial charge in [0.1, 0.15) is 5.54 Å². The minimum absolute atomic E-state index is 0.145. The van der Waals surface area contributed by atoms with Gasteiger partial charge in [0.25, 0.3) is 5.91 Å². The standard InChI is InChI=1S/C18H25N3O2/c1-2-21-12-9-15(10-13-21)18(16(22)19-17(23)20-18)11-8-14-6-4-3-5-7-14/h3-7,15H,2,8-13H2,1H3,(H2,19,20,22,23). The fourth-order valence-electron chi connectivity index (χ4n) is 3.90. The van der Waals surface area contributed by atoms with Gasteiger partial charge in [-0.15, -0.1) is 0 Å². The summed E-state index contributed by atoms with van der Waals surface area (Å²) in [6.07, 6.45) is 3.36. The van der Waals surface area contributed by atoms with Gasteiger partial charge in [0.05, 0.1) is 0 Å². The van der Waals surface area contributed by atoms with Gasteiger partial charge in [0, 0.05) is 0 Å². The Balaban J connectivity index is 1.75. The maximum Gasteiger partial charge on any atom is 0.322 e. The number of urea groups is 1. The molecule has 1 aromatic carbocycles. The van der Waals surface area contributed by atoms with E-state index in [1.54, 1.807) is 0 Å². The lowest BCUT2D eigenvalue weighted by molar-refractivity contribution is -0.127. The summed E-state index contributed by atoms with van der Waals surface area (Å²) in [4.78, 5) is 26.8. The molecule has 1 unspecified atom stereocenters. The van der Waals surface area contributed by atoms with E-state index in [4.69, 9.17) is 0 Å². The average molecular weight is 315 g/mol. The van der Waals surface area contributed by atoms with Crippen molar-refractivity contribution in [1.82, 2.24) is 15.5 Å². The summed E-state index contributed by atoms with van der Waals surface area (Å²) in [7, 11) is 0. The van der Waals surface area contributed by atoms with Crippen molar-refractivity contribution in [1.29, 1.82) is 0 Å². The van der Waals surface area contributed by atoms with Gasteiger partial charge in [-0.2, -0.15) is 0 Å². The third-order valence-corrected chi connectivity index (χ3v) is 5.35. The third kappa shape index (κ3) is 3.24. The van der Waals surface area contributed by atoms with Crippen LogP contribution in [0.4, 0.5) is 4.79 Å². The van der Waals surface area contributed by atoms with E-state index in [0.29, 0.717) is 6.42 Å². The summed E-state index contributed by atoms with van der Waals surface area (Å²) < 4.78 is 0. The number of carbonyl (C=O) groups is 2. The van der Waals surface area contributed by atoms with Crippen molar-refractivity contribution in [2.45, 2.75) is 38.1 Å². The van der Waals surface area contributed by atoms with Crippen LogP contribution in [0.3, 0.4) is 0 Å². The van der Waals surface area contributed by atoms with Crippen molar-refractivity contribution < 1.29 is 9.59 Å². The highest BCUT2D eigenvalue weighted by atomic mass is 16.2. The molecule has 0 aromatic heterocycles. The number of imide groups is 1. The first-order chi connectivity index (χ1) is 11.1. The lowest BCUT2D eigenvalue weighted by Crippen LogP contribution is -2.56. The van der Waals surface area contributed by atoms with E-state index < -0.39 is 5.54 Å². The molecule has 2 aliphatic rings. The van der Waals surface area contributed by atoms with E-state index in [9.17, 15) is 9.59 Å². The van der Waals surface area contributed by atoms with Gasteiger partial charge in [-0.25, -0.2) is 4.79 Å². The molecular weight excluding hydrogens is 290 g/mol. The van der Waals surface area contributed by atoms with Gasteiger partial charge < -0.3 is 10.2 Å². The molecule has 1 atom stereocenters. The number of rotatable bonds is 5. The number of amides is 3. The lowest BCUT2D eigenvalue weighted by Gasteiger charge is -2.40. The van der Waals surface area contributed by atoms with Crippen molar-refractivity contribution in [2.75, 3.05) is 19.6 Å². The van der Waals surface area contributed by atoms with Crippen molar-refractivity contribution in [3.05, 3.63) is 35.9 Å². The number of nitrogens with one attached hydrogen (secondary N) is 2. The molecule has 2 saturated heterocycles. The van der Waals surface area contributed by atoms with E-state index in [1.807, 2.05) is 18.2 Å². The summed E-state index contributed by atoms with van der Waals surface area (Å²) >= 11 is 0. The first-order valence-electron chi connectivity index (χ1n) is 8.54. The number of piperidine rings is 1. The zero-order valence-corrected chi connectivity index (χ0v) is 13.7. The van der Waals surface area contributed by atoms with Crippen LogP contribution in [0.5, 0.6) is 0 Å². The van der Waals surface area contributed by atoms with Crippen LogP contribution < -0.4 is 10.6 Å². The first kappa shape index (κ1) is 16.0. The van der Waals surface area contributed by atoms with Crippen LogP contribution in [0.2, 0.25) is 0 Å². The van der Waals surface area contributed by atoms with Gasteiger partial charge in [0.15, 0.2) is 0 Å². The van der Waals surface area contributed by atoms with Crippen LogP contribution in [-0.2, 0) is 11.2 Å². The minimum atomic E-state index is -0.743. The fourth-order valence-corrected chi connectivity index (χ4v) is 3.90. The molecule has 1 aromatic rings. The van der Waals surface area contributed by atoms with Crippen LogP contribution in [0, 0.1) is 5.92 Å². The zero-order valence-electron chi connectivity index (χ0n) is 13.7. The molecule has 5 nitrogen and oxygen atoms in total. The Hall–Kier alpha value is -1.88. The van der Waals surface area contributed by atoms with E-state index >= 15 is 0 Å². The summed E-state index contributed by atoms with van der Waals surface area (Å²) in [6.45, 7) is 5.20. The Bertz CT molecular complexity index is 567. The minimum Gasteiger partial charge on any atom is -0.323 e. The van der Waals surface area contributed by atoms with Crippen molar-refractivity contribution in [2.24, 2.45) is 5.92 Å². The molecule has 0 saturated carbocycles. The first-order valence-corrected chi connectivity index (χ1v) is 8.54. The Kier molecular flexibility index (Phi) is 4.66. The molecule has 2 aliphatic heterocycles. The van der Waals surface area contributed by atoms with Gasteiger partial charge in [0.2, 0.25) is 0 Å². The molecule has 2 heterocycles. The number of likely N-dealkylation sites (tertiary alicyclic amines) is 1. The van der Waals surface area contributed by atoms with Gasteiger partial charge in [-0.1, -0.05) is 37.3 Å². The summed E-state index contributed by atoms with van der Waals surface area (Å²) in [5, 5.41) is 5.44. The van der Waals surface area contributed by atoms with Crippen LogP contribution >= 0.6 is 0 Å². The maximum atomic E-state index is 12.6. The van der Waals surface area contributed by atoms with E-state index in [1.165, 1.54) is 5.56 Å². The quantitative estimate of drug-likeness (QED) is 0.816. The second kappa shape index (κ2) is 6.71. The van der Waals surface area contributed by atoms with E-state index in [2.05, 4.69) is 34.6 Å². The number of hydrogen-bond acceptors (Lipinski definition) is 3. The molecule has 0 radical (unpaired) electrons. The topological polar surface area (TPSA) is 61.4 Å². The molecule has 5 heteroatoms. The second-order valence-electron chi connectivity index (χ2n) is 6.57. The number of aryl methyl sites for hydroxylation is 1. The van der Waals surface area contributed by atoms with Crippen LogP contribution in [-0.4, -0.2) is 42.0 Å². The number of nitrogens with zero attached hydrogens (tertiary/aromatic N) is 1. The summed E-state index contributed by atoms with van der Waals surface area (Å²) in [5.41, 5.74) is 0.457. The molecule has 0 aliphatic carbocycles. The van der Waals surface area contributed by atoms with E-state index in [-0.39, 0.29) is 17.9 Å². The molecule has 3 rings (SSSR count). The number of carbonyl (C=O) groups excluding carboxylic acids is 2. The smallest absolute Gasteiger partial charge is 0.322 e. The molecule has 0 bridgehead atoms. The highest BCUT2D eigenvalue weighted by molar-refractivity contribution is 6.07. The second-order valence-corrected chi connectivity index (χ2v) is 6.57. The van der Waals surface area contributed by atoms with E-state index in [0.717, 1.165) is 38.9 Å². The number of hydrogen-bond donors (Lipinski definition) is 2. The zero-order chi connectivity index (χ0) is 16.3. The predicted molar refractivity (Wildman–Crippen MR) is 89.0 cm³/mol. The Labute approximate surface area is 137 Å². The molecule has 2 N–H and O–H groups in total. The molecular formula is C18H25N3O2. The lowest BCUT2D eigenvalue weighted by atomic mass is 9.74. The number of benzene rings is 1. The SMILES string of the molecule is CCN1CCC(C2(CCc3ccccc3)NC(=O)NC2=O)CC1. The molecule has 2 fully saturated rings. The molecule has 3 amide bonds. The van der Waals surface area contributed by atoms with Crippen molar-refractivity contribution in [3.8, 4) is 0 Å². The van der Waals surface area contributed by atoms with Gasteiger partial charge in [-0.3, -0.25) is 10.1 Å². The highest BCUT2D eigenvalue weighted by Gasteiger charge is 2.51. The van der Waals surface area contributed by atoms with Crippen LogP contribution in [0.25, 0.3) is 0 Å². The molecule has 23 heavy (non-hydrogen) atoms. The monoisotopic (exact) mass is 315 g/mol. The largest absolute Gasteiger partial charge is 0.323 e. The van der Waals surface area contributed by atoms with Gasteiger partial charge in [-0.05, 0) is 56.8 Å². The summed E-state index contributed by atoms with van der Waals surface area (Å²) in [5.74, 6) is 0.0637. The Morgan fingerprint density at radius 2 is 1.87 bits per heavy atom. The Morgan fingerprint density at radius 1 is 1.17 bits per heavy atom.